The Balaban J connectivity index is 1.39. The molecule has 33 heavy (non-hydrogen) atoms. The first-order valence-corrected chi connectivity index (χ1v) is 12.2. The third-order valence-corrected chi connectivity index (χ3v) is 6.86. The molecule has 7 heteroatoms. The van der Waals surface area contributed by atoms with Crippen LogP contribution < -0.4 is 10.1 Å². The second-order valence-electron chi connectivity index (χ2n) is 7.70. The molecule has 1 saturated heterocycles. The van der Waals surface area contributed by atoms with Crippen LogP contribution in [0.15, 0.2) is 72.8 Å². The number of carbonyl (C=O) groups excluding carboxylic acids is 2. The highest BCUT2D eigenvalue weighted by Gasteiger charge is 2.32. The van der Waals surface area contributed by atoms with E-state index >= 15 is 0 Å². The van der Waals surface area contributed by atoms with Gasteiger partial charge in [0.15, 0.2) is 0 Å². The van der Waals surface area contributed by atoms with Crippen molar-refractivity contribution in [1.29, 1.82) is 0 Å². The molecule has 5 nitrogen and oxygen atoms in total. The van der Waals surface area contributed by atoms with E-state index < -0.39 is 0 Å². The standard InChI is InChI=1S/C26H25ClN2O3S/c1-2-32-23-5-3-4-19(14-23)15-28-25(31)20-8-10-21(11-9-20)26-29(24(30)17-33-26)16-18-6-12-22(27)13-7-18/h3-14,26H,2,15-17H2,1H3,(H,28,31)/t26-/m0/s1. The van der Waals surface area contributed by atoms with Gasteiger partial charge < -0.3 is 15.0 Å². The monoisotopic (exact) mass is 480 g/mol. The molecule has 0 bridgehead atoms. The smallest absolute Gasteiger partial charge is 0.251 e. The molecule has 1 aliphatic rings. The number of rotatable bonds is 8. The van der Waals surface area contributed by atoms with Gasteiger partial charge in [0.05, 0.1) is 12.4 Å². The molecule has 3 aromatic rings. The molecule has 1 aliphatic heterocycles. The first-order valence-electron chi connectivity index (χ1n) is 10.8. The molecule has 170 valence electrons. The summed E-state index contributed by atoms with van der Waals surface area (Å²) >= 11 is 7.57. The first-order chi connectivity index (χ1) is 16.0. The summed E-state index contributed by atoms with van der Waals surface area (Å²) in [6, 6.07) is 22.7. The fourth-order valence-electron chi connectivity index (χ4n) is 3.68. The number of thioether (sulfide) groups is 1. The summed E-state index contributed by atoms with van der Waals surface area (Å²) < 4.78 is 5.51. The van der Waals surface area contributed by atoms with Gasteiger partial charge in [0.2, 0.25) is 5.91 Å². The number of ether oxygens (including phenoxy) is 1. The third kappa shape index (κ3) is 5.89. The van der Waals surface area contributed by atoms with Crippen molar-refractivity contribution < 1.29 is 14.3 Å². The zero-order valence-corrected chi connectivity index (χ0v) is 19.9. The first kappa shape index (κ1) is 23.2. The van der Waals surface area contributed by atoms with Crippen molar-refractivity contribution in [1.82, 2.24) is 10.2 Å². The highest BCUT2D eigenvalue weighted by Crippen LogP contribution is 2.39. The van der Waals surface area contributed by atoms with Crippen molar-refractivity contribution in [3.63, 3.8) is 0 Å². The number of nitrogens with one attached hydrogen (secondary N) is 1. The van der Waals surface area contributed by atoms with Gasteiger partial charge in [-0.25, -0.2) is 0 Å². The maximum atomic E-state index is 12.6. The summed E-state index contributed by atoms with van der Waals surface area (Å²) in [4.78, 5) is 27.0. The van der Waals surface area contributed by atoms with E-state index in [0.29, 0.717) is 36.0 Å². The number of amides is 2. The average molecular weight is 481 g/mol. The molecule has 0 saturated carbocycles. The zero-order valence-electron chi connectivity index (χ0n) is 18.3. The van der Waals surface area contributed by atoms with Gasteiger partial charge in [-0.3, -0.25) is 9.59 Å². The summed E-state index contributed by atoms with van der Waals surface area (Å²) in [5.74, 6) is 1.20. The van der Waals surface area contributed by atoms with E-state index in [9.17, 15) is 9.59 Å². The molecule has 0 aliphatic carbocycles. The van der Waals surface area contributed by atoms with Gasteiger partial charge in [-0.15, -0.1) is 11.8 Å². The molecule has 3 aromatic carbocycles. The lowest BCUT2D eigenvalue weighted by Crippen LogP contribution is -2.27. The SMILES string of the molecule is CCOc1cccc(CNC(=O)c2ccc([C@@H]3SCC(=O)N3Cc3ccc(Cl)cc3)cc2)c1. The van der Waals surface area contributed by atoms with Crippen molar-refractivity contribution in [3.8, 4) is 5.75 Å². The summed E-state index contributed by atoms with van der Waals surface area (Å²) in [6.07, 6.45) is 0. The lowest BCUT2D eigenvalue weighted by atomic mass is 10.1. The molecule has 0 spiro atoms. The van der Waals surface area contributed by atoms with E-state index in [1.807, 2.05) is 84.6 Å². The molecular weight excluding hydrogens is 456 g/mol. The molecule has 1 fully saturated rings. The van der Waals surface area contributed by atoms with Gasteiger partial charge >= 0.3 is 0 Å². The molecule has 0 radical (unpaired) electrons. The van der Waals surface area contributed by atoms with E-state index in [1.165, 1.54) is 0 Å². The van der Waals surface area contributed by atoms with Gasteiger partial charge in [-0.1, -0.05) is 48.0 Å². The van der Waals surface area contributed by atoms with Gasteiger partial charge in [0.25, 0.3) is 5.91 Å². The predicted octanol–water partition coefficient (Wildman–Crippen LogP) is 5.44. The summed E-state index contributed by atoms with van der Waals surface area (Å²) in [7, 11) is 0. The van der Waals surface area contributed by atoms with Crippen molar-refractivity contribution >= 4 is 35.2 Å². The molecule has 1 N–H and O–H groups in total. The van der Waals surface area contributed by atoms with Crippen LogP contribution in [0.4, 0.5) is 0 Å². The van der Waals surface area contributed by atoms with Crippen LogP contribution >= 0.6 is 23.4 Å². The van der Waals surface area contributed by atoms with Crippen LogP contribution in [0.2, 0.25) is 5.02 Å². The number of hydrogen-bond donors (Lipinski definition) is 1. The Morgan fingerprint density at radius 2 is 1.85 bits per heavy atom. The van der Waals surface area contributed by atoms with Crippen molar-refractivity contribution in [3.05, 3.63) is 100 Å². The minimum Gasteiger partial charge on any atom is -0.494 e. The Bertz CT molecular complexity index is 1120. The molecule has 0 aromatic heterocycles. The number of nitrogens with zero attached hydrogens (tertiary/aromatic N) is 1. The fourth-order valence-corrected chi connectivity index (χ4v) is 5.00. The van der Waals surface area contributed by atoms with Crippen LogP contribution in [-0.2, 0) is 17.9 Å². The molecule has 1 atom stereocenters. The fraction of sp³-hybridized carbons (Fsp3) is 0.231. The van der Waals surface area contributed by atoms with Crippen LogP contribution in [0.3, 0.4) is 0 Å². The van der Waals surface area contributed by atoms with Gasteiger partial charge in [0, 0.05) is 23.7 Å². The zero-order chi connectivity index (χ0) is 23.2. The van der Waals surface area contributed by atoms with E-state index in [4.69, 9.17) is 16.3 Å². The van der Waals surface area contributed by atoms with E-state index in [1.54, 1.807) is 11.8 Å². The van der Waals surface area contributed by atoms with Gasteiger partial charge in [-0.05, 0) is 60.0 Å². The normalized spacial score (nSPS) is 15.5. The lowest BCUT2D eigenvalue weighted by molar-refractivity contribution is -0.128. The van der Waals surface area contributed by atoms with Crippen molar-refractivity contribution in [2.24, 2.45) is 0 Å². The van der Waals surface area contributed by atoms with Crippen LogP contribution in [0.1, 0.15) is 39.3 Å². The van der Waals surface area contributed by atoms with Gasteiger partial charge in [0.1, 0.15) is 11.1 Å². The quantitative estimate of drug-likeness (QED) is 0.466. The van der Waals surface area contributed by atoms with Gasteiger partial charge in [-0.2, -0.15) is 0 Å². The third-order valence-electron chi connectivity index (χ3n) is 5.35. The molecular formula is C26H25ClN2O3S. The number of benzene rings is 3. The summed E-state index contributed by atoms with van der Waals surface area (Å²) in [5.41, 5.74) is 3.59. The van der Waals surface area contributed by atoms with E-state index in [0.717, 1.165) is 22.4 Å². The lowest BCUT2D eigenvalue weighted by Gasteiger charge is -2.24. The summed E-state index contributed by atoms with van der Waals surface area (Å²) in [5, 5.41) is 3.55. The summed E-state index contributed by atoms with van der Waals surface area (Å²) in [6.45, 7) is 3.49. The second kappa shape index (κ2) is 10.8. The van der Waals surface area contributed by atoms with Crippen LogP contribution in [0.5, 0.6) is 5.75 Å². The van der Waals surface area contributed by atoms with Crippen LogP contribution in [-0.4, -0.2) is 29.1 Å². The Kier molecular flexibility index (Phi) is 7.57. The van der Waals surface area contributed by atoms with Crippen molar-refractivity contribution in [2.45, 2.75) is 25.4 Å². The number of halogens is 1. The Morgan fingerprint density at radius 1 is 1.09 bits per heavy atom. The molecule has 4 rings (SSSR count). The predicted molar refractivity (Wildman–Crippen MR) is 132 cm³/mol. The van der Waals surface area contributed by atoms with E-state index in [-0.39, 0.29) is 17.2 Å². The minimum absolute atomic E-state index is 0.0772. The van der Waals surface area contributed by atoms with Crippen LogP contribution in [0, 0.1) is 0 Å². The topological polar surface area (TPSA) is 58.6 Å². The number of hydrogen-bond acceptors (Lipinski definition) is 4. The maximum absolute atomic E-state index is 12.6. The molecule has 2 amide bonds. The molecule has 0 unspecified atom stereocenters. The highest BCUT2D eigenvalue weighted by atomic mass is 35.5. The number of carbonyl (C=O) groups is 2. The molecule has 1 heterocycles. The van der Waals surface area contributed by atoms with Crippen LogP contribution in [0.25, 0.3) is 0 Å². The Labute approximate surface area is 203 Å². The maximum Gasteiger partial charge on any atom is 0.251 e. The minimum atomic E-state index is -0.142. The highest BCUT2D eigenvalue weighted by molar-refractivity contribution is 8.00. The van der Waals surface area contributed by atoms with E-state index in [2.05, 4.69) is 5.32 Å². The second-order valence-corrected chi connectivity index (χ2v) is 9.20. The average Bonchev–Trinajstić information content (AvgIpc) is 3.19. The van der Waals surface area contributed by atoms with Crippen molar-refractivity contribution in [2.75, 3.05) is 12.4 Å². The Hall–Kier alpha value is -2.96. The Morgan fingerprint density at radius 3 is 2.58 bits per heavy atom. The largest absolute Gasteiger partial charge is 0.494 e.